The van der Waals surface area contributed by atoms with Gasteiger partial charge < -0.3 is 20.1 Å². The summed E-state index contributed by atoms with van der Waals surface area (Å²) in [5.41, 5.74) is 0.472. The molecule has 0 aliphatic carbocycles. The maximum absolute atomic E-state index is 11.1. The van der Waals surface area contributed by atoms with Crippen LogP contribution in [0.2, 0.25) is 0 Å². The number of aliphatic hydroxyl groups is 1. The Morgan fingerprint density at radius 3 is 2.86 bits per heavy atom. The lowest BCUT2D eigenvalue weighted by Crippen LogP contribution is -2.38. The summed E-state index contributed by atoms with van der Waals surface area (Å²) in [5, 5.41) is 24.8. The minimum atomic E-state index is -0.600. The molecule has 1 aromatic heterocycles. The Hall–Kier alpha value is -1.37. The molecule has 1 N–H and O–H groups in total. The number of piperidine rings is 1. The molecule has 0 spiro atoms. The molecular weight excluding hydrogens is 306 g/mol. The average molecular weight is 330 g/mol. The van der Waals surface area contributed by atoms with Gasteiger partial charge in [0.25, 0.3) is 0 Å². The minimum absolute atomic E-state index is 0. The third kappa shape index (κ3) is 6.17. The van der Waals surface area contributed by atoms with Crippen molar-refractivity contribution in [1.29, 1.82) is 0 Å². The molecule has 0 aromatic carbocycles. The van der Waals surface area contributed by atoms with Crippen LogP contribution in [0.4, 0.5) is 0 Å². The largest absolute Gasteiger partial charge is 0.619 e. The number of β-amino-alcohol motifs (C(OH)–C–C–N with tert-alkyl or cyclic N) is 1. The highest BCUT2D eigenvalue weighted by atomic mass is 35.5. The second kappa shape index (κ2) is 9.61. The van der Waals surface area contributed by atoms with Gasteiger partial charge in [-0.05, 0) is 32.0 Å². The summed E-state index contributed by atoms with van der Waals surface area (Å²) in [6.45, 7) is 2.71. The van der Waals surface area contributed by atoms with Crippen LogP contribution in [0.3, 0.4) is 0 Å². The number of pyridine rings is 1. The number of aliphatic hydroxyl groups excluding tert-OH is 1. The lowest BCUT2D eigenvalue weighted by molar-refractivity contribution is -0.605. The Labute approximate surface area is 136 Å². The first-order chi connectivity index (χ1) is 10.1. The molecule has 2 heterocycles. The zero-order valence-electron chi connectivity index (χ0n) is 11.8. The van der Waals surface area contributed by atoms with Gasteiger partial charge in [-0.15, -0.1) is 0 Å². The van der Waals surface area contributed by atoms with Crippen molar-refractivity contribution in [2.45, 2.75) is 32.8 Å². The van der Waals surface area contributed by atoms with Crippen molar-refractivity contribution in [1.82, 2.24) is 4.90 Å². The van der Waals surface area contributed by atoms with Crippen molar-refractivity contribution in [2.24, 2.45) is 5.16 Å². The number of halogens is 1. The zero-order valence-corrected chi connectivity index (χ0v) is 12.6. The van der Waals surface area contributed by atoms with E-state index in [0.717, 1.165) is 13.1 Å². The molecule has 6 nitrogen and oxygen atoms in total. The number of hydrogen-bond acceptors (Lipinski definition) is 5. The van der Waals surface area contributed by atoms with Crippen LogP contribution in [0.25, 0.3) is 0 Å². The van der Waals surface area contributed by atoms with Crippen molar-refractivity contribution in [3.63, 3.8) is 0 Å². The molecule has 2 rings (SSSR count). The van der Waals surface area contributed by atoms with Crippen LogP contribution in [0.5, 0.6) is 0 Å². The van der Waals surface area contributed by atoms with Gasteiger partial charge in [0.05, 0.1) is 5.56 Å². The summed E-state index contributed by atoms with van der Waals surface area (Å²) in [7, 11) is 0. The monoisotopic (exact) mass is 329 g/mol. The summed E-state index contributed by atoms with van der Waals surface area (Å²) < 4.78 is 0.637. The quantitative estimate of drug-likeness (QED) is 0.373. The Morgan fingerprint density at radius 2 is 2.18 bits per heavy atom. The fraction of sp³-hybridized carbons (Fsp3) is 0.600. The summed E-state index contributed by atoms with van der Waals surface area (Å²) >= 11 is 5.93. The highest BCUT2D eigenvalue weighted by molar-refractivity contribution is 6.69. The molecule has 0 saturated carbocycles. The van der Waals surface area contributed by atoms with Crippen molar-refractivity contribution < 1.29 is 14.7 Å². The predicted molar refractivity (Wildman–Crippen MR) is 86.8 cm³/mol. The number of rotatable bonds is 6. The lowest BCUT2D eigenvalue weighted by atomic mass is 10.1. The van der Waals surface area contributed by atoms with Crippen LogP contribution in [0, 0.1) is 5.21 Å². The Kier molecular flexibility index (Phi) is 8.16. The number of aromatic nitrogens is 1. The number of oxime groups is 1. The fourth-order valence-electron chi connectivity index (χ4n) is 2.30. The minimum Gasteiger partial charge on any atom is -0.619 e. The van der Waals surface area contributed by atoms with Crippen molar-refractivity contribution >= 4 is 16.8 Å². The third-order valence-electron chi connectivity index (χ3n) is 3.34. The Bertz CT molecular complexity index is 479. The van der Waals surface area contributed by atoms with E-state index in [1.165, 1.54) is 31.7 Å². The van der Waals surface area contributed by atoms with Crippen molar-refractivity contribution in [3.05, 3.63) is 35.3 Å². The smallest absolute Gasteiger partial charge is 0.190 e. The number of nitrogens with zero attached hydrogens (tertiary/aromatic N) is 3. The molecular formula is C15H24ClN3O3. The van der Waals surface area contributed by atoms with E-state index in [4.69, 9.17) is 16.4 Å². The molecule has 1 fully saturated rings. The van der Waals surface area contributed by atoms with E-state index in [9.17, 15) is 10.3 Å². The van der Waals surface area contributed by atoms with E-state index < -0.39 is 6.10 Å². The highest BCUT2D eigenvalue weighted by Crippen LogP contribution is 2.09. The predicted octanol–water partition coefficient (Wildman–Crippen LogP) is 1.72. The first kappa shape index (κ1) is 18.7. The van der Waals surface area contributed by atoms with Crippen LogP contribution in [-0.4, -0.2) is 47.5 Å². The molecule has 1 atom stereocenters. The van der Waals surface area contributed by atoms with Gasteiger partial charge in [-0.3, -0.25) is 0 Å². The SMILES string of the molecule is C.[O-][n+]1cccc(/C(Cl)=N/OCC(O)CN2CCCCC2)c1. The zero-order chi connectivity index (χ0) is 15.1. The van der Waals surface area contributed by atoms with Crippen LogP contribution in [0.15, 0.2) is 29.7 Å². The van der Waals surface area contributed by atoms with Gasteiger partial charge in [-0.1, -0.05) is 30.6 Å². The Morgan fingerprint density at radius 1 is 1.45 bits per heavy atom. The van der Waals surface area contributed by atoms with Crippen molar-refractivity contribution in [3.8, 4) is 0 Å². The average Bonchev–Trinajstić information content (AvgIpc) is 2.48. The molecule has 1 saturated heterocycles. The van der Waals surface area contributed by atoms with E-state index in [0.29, 0.717) is 16.8 Å². The molecule has 22 heavy (non-hydrogen) atoms. The van der Waals surface area contributed by atoms with E-state index in [1.54, 1.807) is 12.1 Å². The van der Waals surface area contributed by atoms with Crippen LogP contribution < -0.4 is 4.73 Å². The molecule has 1 unspecified atom stereocenters. The summed E-state index contributed by atoms with van der Waals surface area (Å²) in [4.78, 5) is 7.28. The van der Waals surface area contributed by atoms with Gasteiger partial charge in [-0.25, -0.2) is 0 Å². The summed E-state index contributed by atoms with van der Waals surface area (Å²) in [5.74, 6) is 0. The van der Waals surface area contributed by atoms with Crippen molar-refractivity contribution in [2.75, 3.05) is 26.2 Å². The lowest BCUT2D eigenvalue weighted by Gasteiger charge is -2.27. The van der Waals surface area contributed by atoms with Crippen LogP contribution in [0.1, 0.15) is 32.3 Å². The highest BCUT2D eigenvalue weighted by Gasteiger charge is 2.15. The first-order valence-corrected chi connectivity index (χ1v) is 7.48. The van der Waals surface area contributed by atoms with Gasteiger partial charge in [0.1, 0.15) is 12.7 Å². The number of hydrogen-bond donors (Lipinski definition) is 1. The molecule has 0 amide bonds. The number of likely N-dealkylation sites (tertiary alicyclic amines) is 1. The van der Waals surface area contributed by atoms with Crippen LogP contribution in [-0.2, 0) is 4.84 Å². The van der Waals surface area contributed by atoms with Gasteiger partial charge in [-0.2, -0.15) is 4.73 Å². The van der Waals surface area contributed by atoms with E-state index >= 15 is 0 Å². The normalized spacial score (nSPS) is 17.6. The van der Waals surface area contributed by atoms with Gasteiger partial charge >= 0.3 is 0 Å². The second-order valence-corrected chi connectivity index (χ2v) is 5.50. The standard InChI is InChI=1S/C14H20ClN3O3.CH4/c15-14(12-5-4-8-18(20)9-12)16-21-11-13(19)10-17-6-2-1-3-7-17;/h4-5,8-9,13,19H,1-3,6-7,10-11H2;1H4/b16-14-;. The van der Waals surface area contributed by atoms with E-state index in [1.807, 2.05) is 0 Å². The second-order valence-electron chi connectivity index (χ2n) is 5.15. The summed E-state index contributed by atoms with van der Waals surface area (Å²) in [6, 6.07) is 3.24. The molecule has 0 radical (unpaired) electrons. The fourth-order valence-corrected chi connectivity index (χ4v) is 2.46. The maximum atomic E-state index is 11.1. The summed E-state index contributed by atoms with van der Waals surface area (Å²) in [6.07, 6.45) is 5.69. The molecule has 7 heteroatoms. The third-order valence-corrected chi connectivity index (χ3v) is 3.63. The van der Waals surface area contributed by atoms with Crippen LogP contribution >= 0.6 is 11.6 Å². The molecule has 1 aliphatic rings. The topological polar surface area (TPSA) is 72.0 Å². The molecule has 124 valence electrons. The maximum Gasteiger partial charge on any atom is 0.190 e. The van der Waals surface area contributed by atoms with Gasteiger partial charge in [0, 0.05) is 12.6 Å². The van der Waals surface area contributed by atoms with E-state index in [-0.39, 0.29) is 19.2 Å². The Balaban J connectivity index is 0.00000242. The van der Waals surface area contributed by atoms with Gasteiger partial charge in [0.2, 0.25) is 0 Å². The van der Waals surface area contributed by atoms with E-state index in [2.05, 4.69) is 10.1 Å². The molecule has 0 bridgehead atoms. The first-order valence-electron chi connectivity index (χ1n) is 7.10. The van der Waals surface area contributed by atoms with Gasteiger partial charge in [0.15, 0.2) is 17.6 Å². The molecule has 1 aromatic rings. The molecule has 1 aliphatic heterocycles.